The highest BCUT2D eigenvalue weighted by Crippen LogP contribution is 2.33. The van der Waals surface area contributed by atoms with Gasteiger partial charge in [-0.2, -0.15) is 0 Å². The summed E-state index contributed by atoms with van der Waals surface area (Å²) in [5.74, 6) is -0.243. The average molecular weight is 268 g/mol. The van der Waals surface area contributed by atoms with Gasteiger partial charge in [-0.05, 0) is 10.8 Å². The summed E-state index contributed by atoms with van der Waals surface area (Å²) in [5.41, 5.74) is 0.0521. The van der Waals surface area contributed by atoms with E-state index in [1.165, 1.54) is 0 Å². The lowest BCUT2D eigenvalue weighted by atomic mass is 10.0. The molecule has 0 amide bonds. The summed E-state index contributed by atoms with van der Waals surface area (Å²) in [5, 5.41) is 20.9. The molecule has 4 nitrogen and oxygen atoms in total. The molecule has 3 rings (SSSR count). The van der Waals surface area contributed by atoms with Gasteiger partial charge in [-0.1, -0.05) is 42.5 Å². The second kappa shape index (κ2) is 4.83. The molecule has 100 valence electrons. The van der Waals surface area contributed by atoms with Crippen molar-refractivity contribution >= 4 is 10.8 Å². The maximum atomic E-state index is 11.7. The molecular weight excluding hydrogens is 256 g/mol. The molecule has 0 atom stereocenters. The Bertz CT molecular complexity index is 828. The third-order valence-corrected chi connectivity index (χ3v) is 3.16. The third kappa shape index (κ3) is 1.96. The van der Waals surface area contributed by atoms with Crippen molar-refractivity contribution in [2.24, 2.45) is 0 Å². The van der Waals surface area contributed by atoms with E-state index in [0.29, 0.717) is 5.56 Å². The van der Waals surface area contributed by atoms with Gasteiger partial charge in [0.15, 0.2) is 5.76 Å². The minimum absolute atomic E-state index is 0.0818. The molecule has 0 unspecified atom stereocenters. The lowest BCUT2D eigenvalue weighted by molar-refractivity contribution is 0.243. The van der Waals surface area contributed by atoms with Gasteiger partial charge in [-0.3, -0.25) is 4.79 Å². The fraction of sp³-hybridized carbons (Fsp3) is 0.0625. The van der Waals surface area contributed by atoms with Crippen molar-refractivity contribution in [3.05, 3.63) is 64.5 Å². The Morgan fingerprint density at radius 1 is 1.05 bits per heavy atom. The maximum absolute atomic E-state index is 11.7. The van der Waals surface area contributed by atoms with Gasteiger partial charge in [0.2, 0.25) is 11.2 Å². The van der Waals surface area contributed by atoms with Crippen LogP contribution in [-0.4, -0.2) is 10.2 Å². The van der Waals surface area contributed by atoms with Crippen molar-refractivity contribution in [1.82, 2.24) is 0 Å². The fourth-order valence-electron chi connectivity index (χ4n) is 2.22. The van der Waals surface area contributed by atoms with Gasteiger partial charge < -0.3 is 14.6 Å². The van der Waals surface area contributed by atoms with Crippen LogP contribution < -0.4 is 5.43 Å². The van der Waals surface area contributed by atoms with E-state index in [1.807, 2.05) is 36.4 Å². The quantitative estimate of drug-likeness (QED) is 0.749. The van der Waals surface area contributed by atoms with Gasteiger partial charge in [0.25, 0.3) is 0 Å². The Kier molecular flexibility index (Phi) is 3.00. The Labute approximate surface area is 114 Å². The van der Waals surface area contributed by atoms with Crippen LogP contribution in [0.2, 0.25) is 0 Å². The molecule has 0 bridgehead atoms. The van der Waals surface area contributed by atoms with E-state index in [2.05, 4.69) is 0 Å². The van der Waals surface area contributed by atoms with E-state index in [0.717, 1.165) is 16.8 Å². The van der Waals surface area contributed by atoms with Crippen LogP contribution in [0.3, 0.4) is 0 Å². The zero-order valence-electron chi connectivity index (χ0n) is 10.5. The molecule has 0 radical (unpaired) electrons. The number of hydrogen-bond donors (Lipinski definition) is 2. The molecule has 0 saturated heterocycles. The van der Waals surface area contributed by atoms with E-state index >= 15 is 0 Å². The summed E-state index contributed by atoms with van der Waals surface area (Å²) in [7, 11) is 0. The van der Waals surface area contributed by atoms with Crippen LogP contribution in [0.15, 0.2) is 57.7 Å². The molecule has 2 N–H and O–H groups in total. The molecule has 3 aromatic rings. The maximum Gasteiger partial charge on any atom is 0.227 e. The van der Waals surface area contributed by atoms with Crippen LogP contribution in [0.4, 0.5) is 0 Å². The predicted molar refractivity (Wildman–Crippen MR) is 75.5 cm³/mol. The highest BCUT2D eigenvalue weighted by atomic mass is 16.4. The molecule has 0 fully saturated rings. The first-order valence-electron chi connectivity index (χ1n) is 6.15. The Morgan fingerprint density at radius 2 is 1.80 bits per heavy atom. The minimum atomic E-state index is -0.566. The number of rotatable bonds is 2. The summed E-state index contributed by atoms with van der Waals surface area (Å²) in [6.07, 6.45) is 0. The molecule has 1 aromatic heterocycles. The zero-order valence-corrected chi connectivity index (χ0v) is 10.5. The lowest BCUT2D eigenvalue weighted by Crippen LogP contribution is -2.03. The second-order valence-electron chi connectivity index (χ2n) is 4.44. The van der Waals surface area contributed by atoms with E-state index < -0.39 is 17.8 Å². The molecule has 0 spiro atoms. The van der Waals surface area contributed by atoms with Gasteiger partial charge in [0.05, 0.1) is 0 Å². The third-order valence-electron chi connectivity index (χ3n) is 3.16. The van der Waals surface area contributed by atoms with Crippen molar-refractivity contribution in [3.63, 3.8) is 0 Å². The van der Waals surface area contributed by atoms with E-state index in [9.17, 15) is 9.90 Å². The molecule has 1 heterocycles. The van der Waals surface area contributed by atoms with Crippen molar-refractivity contribution in [1.29, 1.82) is 0 Å². The summed E-state index contributed by atoms with van der Waals surface area (Å²) in [6.45, 7) is -0.396. The normalized spacial score (nSPS) is 10.8. The minimum Gasteiger partial charge on any atom is -0.502 e. The summed E-state index contributed by atoms with van der Waals surface area (Å²) >= 11 is 0. The molecule has 0 aliphatic rings. The highest BCUT2D eigenvalue weighted by molar-refractivity contribution is 5.96. The van der Waals surface area contributed by atoms with Crippen LogP contribution in [0.25, 0.3) is 22.1 Å². The number of fused-ring (bicyclic) bond motifs is 1. The monoisotopic (exact) mass is 268 g/mol. The Balaban J connectivity index is 2.36. The smallest absolute Gasteiger partial charge is 0.227 e. The topological polar surface area (TPSA) is 70.7 Å². The number of hydrogen-bond acceptors (Lipinski definition) is 4. The highest BCUT2D eigenvalue weighted by Gasteiger charge is 2.15. The van der Waals surface area contributed by atoms with Gasteiger partial charge in [-0.15, -0.1) is 0 Å². The number of benzene rings is 2. The van der Waals surface area contributed by atoms with Crippen molar-refractivity contribution in [2.45, 2.75) is 6.61 Å². The van der Waals surface area contributed by atoms with E-state index in [4.69, 9.17) is 9.52 Å². The molecule has 0 aliphatic carbocycles. The molecule has 20 heavy (non-hydrogen) atoms. The lowest BCUT2D eigenvalue weighted by Gasteiger charge is -2.08. The van der Waals surface area contributed by atoms with Crippen molar-refractivity contribution in [2.75, 3.05) is 0 Å². The second-order valence-corrected chi connectivity index (χ2v) is 4.44. The molecule has 0 saturated carbocycles. The van der Waals surface area contributed by atoms with Crippen LogP contribution >= 0.6 is 0 Å². The SMILES string of the molecule is O=c1cc(CO)oc(-c2cccc3ccccc23)c1O. The van der Waals surface area contributed by atoms with Crippen LogP contribution in [0, 0.1) is 0 Å². The molecule has 0 aliphatic heterocycles. The fourth-order valence-corrected chi connectivity index (χ4v) is 2.22. The average Bonchev–Trinajstić information content (AvgIpc) is 2.49. The molecular formula is C16H12O4. The Morgan fingerprint density at radius 3 is 2.60 bits per heavy atom. The first-order valence-corrected chi connectivity index (χ1v) is 6.15. The first-order chi connectivity index (χ1) is 9.70. The van der Waals surface area contributed by atoms with Crippen molar-refractivity contribution < 1.29 is 14.6 Å². The zero-order chi connectivity index (χ0) is 14.1. The summed E-state index contributed by atoms with van der Waals surface area (Å²) < 4.78 is 5.43. The van der Waals surface area contributed by atoms with Crippen LogP contribution in [0.1, 0.15) is 5.76 Å². The molecule has 4 heteroatoms. The van der Waals surface area contributed by atoms with Gasteiger partial charge in [0.1, 0.15) is 12.4 Å². The largest absolute Gasteiger partial charge is 0.502 e. The van der Waals surface area contributed by atoms with E-state index in [1.54, 1.807) is 6.07 Å². The number of aliphatic hydroxyl groups is 1. The van der Waals surface area contributed by atoms with Gasteiger partial charge in [0, 0.05) is 11.6 Å². The first kappa shape index (κ1) is 12.4. The predicted octanol–water partition coefficient (Wildman–Crippen LogP) is 2.66. The number of aromatic hydroxyl groups is 1. The van der Waals surface area contributed by atoms with E-state index in [-0.39, 0.29) is 11.5 Å². The molecule has 2 aromatic carbocycles. The van der Waals surface area contributed by atoms with Crippen LogP contribution in [-0.2, 0) is 6.61 Å². The van der Waals surface area contributed by atoms with Gasteiger partial charge in [-0.25, -0.2) is 0 Å². The Hall–Kier alpha value is -2.59. The van der Waals surface area contributed by atoms with Crippen LogP contribution in [0.5, 0.6) is 5.75 Å². The van der Waals surface area contributed by atoms with Gasteiger partial charge >= 0.3 is 0 Å². The van der Waals surface area contributed by atoms with Crippen molar-refractivity contribution in [3.8, 4) is 17.1 Å². The summed E-state index contributed by atoms with van der Waals surface area (Å²) in [4.78, 5) is 11.7. The summed E-state index contributed by atoms with van der Waals surface area (Å²) in [6, 6.07) is 14.2. The standard InChI is InChI=1S/C16H12O4/c17-9-11-8-14(18)15(19)16(20-11)13-7-3-5-10-4-1-2-6-12(10)13/h1-8,17,19H,9H2. The number of aliphatic hydroxyl groups excluding tert-OH is 1.